The van der Waals surface area contributed by atoms with Crippen LogP contribution in [0.4, 0.5) is 0 Å². The number of piperidine rings is 1. The number of sulfone groups is 1. The van der Waals surface area contributed by atoms with Gasteiger partial charge in [-0.2, -0.15) is 0 Å². The summed E-state index contributed by atoms with van der Waals surface area (Å²) in [6.45, 7) is 2.56. The average molecular weight is 426 g/mol. The first-order valence-corrected chi connectivity index (χ1v) is 10.6. The van der Waals surface area contributed by atoms with Gasteiger partial charge in [0.25, 0.3) is 0 Å². The summed E-state index contributed by atoms with van der Waals surface area (Å²) in [7, 11) is -2.06. The Morgan fingerprint density at radius 2 is 1.96 bits per heavy atom. The van der Waals surface area contributed by atoms with Gasteiger partial charge in [0.2, 0.25) is 9.84 Å². The monoisotopic (exact) mass is 425 g/mol. The number of hydrogen-bond acceptors (Lipinski definition) is 6. The third-order valence-corrected chi connectivity index (χ3v) is 6.82. The second-order valence-corrected chi connectivity index (χ2v) is 8.72. The van der Waals surface area contributed by atoms with Crippen LogP contribution in [-0.2, 0) is 14.6 Å². The van der Waals surface area contributed by atoms with E-state index in [1.165, 1.54) is 0 Å². The van der Waals surface area contributed by atoms with Crippen LogP contribution >= 0.6 is 12.4 Å². The Bertz CT molecular complexity index is 934. The van der Waals surface area contributed by atoms with E-state index in [0.29, 0.717) is 30.6 Å². The van der Waals surface area contributed by atoms with E-state index >= 15 is 0 Å². The SMILES string of the molecule is COCCOc1cccc(S(=O)(=O)c2ccc3c(c2)O[C@H]2CNCC[C@@H]32)c1.Cl. The van der Waals surface area contributed by atoms with E-state index in [1.54, 1.807) is 43.5 Å². The summed E-state index contributed by atoms with van der Waals surface area (Å²) in [6.07, 6.45) is 1.09. The lowest BCUT2D eigenvalue weighted by Gasteiger charge is -2.24. The van der Waals surface area contributed by atoms with Crippen LogP contribution in [0, 0.1) is 0 Å². The Morgan fingerprint density at radius 1 is 1.14 bits per heavy atom. The molecule has 0 bridgehead atoms. The van der Waals surface area contributed by atoms with Gasteiger partial charge in [0.1, 0.15) is 24.2 Å². The van der Waals surface area contributed by atoms with Gasteiger partial charge < -0.3 is 19.5 Å². The van der Waals surface area contributed by atoms with Gasteiger partial charge in [-0.05, 0) is 43.3 Å². The predicted molar refractivity (Wildman–Crippen MR) is 108 cm³/mol. The highest BCUT2D eigenvalue weighted by Crippen LogP contribution is 2.42. The van der Waals surface area contributed by atoms with E-state index in [-0.39, 0.29) is 28.3 Å². The zero-order chi connectivity index (χ0) is 18.9. The number of fused-ring (bicyclic) bond motifs is 3. The lowest BCUT2D eigenvalue weighted by Crippen LogP contribution is -2.39. The molecule has 1 fully saturated rings. The largest absolute Gasteiger partial charge is 0.491 e. The van der Waals surface area contributed by atoms with E-state index in [0.717, 1.165) is 25.1 Å². The Labute approximate surface area is 171 Å². The maximum absolute atomic E-state index is 13.1. The van der Waals surface area contributed by atoms with E-state index in [2.05, 4.69) is 5.32 Å². The lowest BCUT2D eigenvalue weighted by atomic mass is 9.90. The maximum Gasteiger partial charge on any atom is 0.206 e. The molecule has 1 N–H and O–H groups in total. The average Bonchev–Trinajstić information content (AvgIpc) is 3.06. The van der Waals surface area contributed by atoms with E-state index < -0.39 is 9.84 Å². The molecule has 0 unspecified atom stereocenters. The van der Waals surface area contributed by atoms with Gasteiger partial charge in [-0.1, -0.05) is 12.1 Å². The van der Waals surface area contributed by atoms with Gasteiger partial charge in [-0.15, -0.1) is 12.4 Å². The van der Waals surface area contributed by atoms with E-state index in [9.17, 15) is 8.42 Å². The van der Waals surface area contributed by atoms with Crippen LogP contribution in [0.3, 0.4) is 0 Å². The second kappa shape index (κ2) is 8.69. The minimum absolute atomic E-state index is 0. The van der Waals surface area contributed by atoms with Crippen LogP contribution < -0.4 is 14.8 Å². The zero-order valence-electron chi connectivity index (χ0n) is 15.6. The van der Waals surface area contributed by atoms with Crippen molar-refractivity contribution in [3.05, 3.63) is 48.0 Å². The highest BCUT2D eigenvalue weighted by Gasteiger charge is 2.36. The number of nitrogens with one attached hydrogen (secondary N) is 1. The summed E-state index contributed by atoms with van der Waals surface area (Å²) < 4.78 is 42.7. The summed E-state index contributed by atoms with van der Waals surface area (Å²) >= 11 is 0. The molecule has 8 heteroatoms. The molecular weight excluding hydrogens is 402 g/mol. The third kappa shape index (κ3) is 3.98. The number of rotatable bonds is 6. The molecule has 1 saturated heterocycles. The molecule has 0 aromatic heterocycles. The molecule has 2 aromatic carbocycles. The van der Waals surface area contributed by atoms with Crippen molar-refractivity contribution in [2.24, 2.45) is 0 Å². The third-order valence-electron chi connectivity index (χ3n) is 5.07. The normalized spacial score (nSPS) is 20.5. The van der Waals surface area contributed by atoms with Gasteiger partial charge in [0.05, 0.1) is 16.4 Å². The minimum atomic E-state index is -3.65. The fraction of sp³-hybridized carbons (Fsp3) is 0.400. The van der Waals surface area contributed by atoms with Crippen molar-refractivity contribution in [1.29, 1.82) is 0 Å². The molecule has 0 amide bonds. The predicted octanol–water partition coefficient (Wildman–Crippen LogP) is 2.80. The summed E-state index contributed by atoms with van der Waals surface area (Å²) in [6, 6.07) is 11.8. The van der Waals surface area contributed by atoms with Gasteiger partial charge in [-0.3, -0.25) is 0 Å². The van der Waals surface area contributed by atoms with Crippen LogP contribution in [0.5, 0.6) is 11.5 Å². The van der Waals surface area contributed by atoms with Crippen molar-refractivity contribution in [3.63, 3.8) is 0 Å². The Kier molecular flexibility index (Phi) is 6.50. The molecule has 2 heterocycles. The smallest absolute Gasteiger partial charge is 0.206 e. The van der Waals surface area contributed by atoms with Crippen LogP contribution in [-0.4, -0.2) is 47.9 Å². The zero-order valence-corrected chi connectivity index (χ0v) is 17.2. The summed E-state index contributed by atoms with van der Waals surface area (Å²) in [4.78, 5) is 0.441. The summed E-state index contributed by atoms with van der Waals surface area (Å²) in [5.74, 6) is 1.53. The Hall–Kier alpha value is -1.80. The molecule has 0 aliphatic carbocycles. The first-order valence-electron chi connectivity index (χ1n) is 9.08. The van der Waals surface area contributed by atoms with Crippen molar-refractivity contribution < 1.29 is 22.6 Å². The Morgan fingerprint density at radius 3 is 2.79 bits per heavy atom. The molecule has 152 valence electrons. The van der Waals surface area contributed by atoms with E-state index in [1.807, 2.05) is 6.07 Å². The Balaban J connectivity index is 0.00000225. The first kappa shape index (κ1) is 20.9. The molecule has 6 nitrogen and oxygen atoms in total. The first-order chi connectivity index (χ1) is 13.1. The highest BCUT2D eigenvalue weighted by molar-refractivity contribution is 7.91. The highest BCUT2D eigenvalue weighted by atomic mass is 35.5. The lowest BCUT2D eigenvalue weighted by molar-refractivity contribution is 0.146. The van der Waals surface area contributed by atoms with Crippen molar-refractivity contribution in [1.82, 2.24) is 5.32 Å². The fourth-order valence-electron chi connectivity index (χ4n) is 3.67. The fourth-order valence-corrected chi connectivity index (χ4v) is 4.98. The molecule has 2 aliphatic rings. The molecule has 0 radical (unpaired) electrons. The number of ether oxygens (including phenoxy) is 3. The number of halogens is 1. The minimum Gasteiger partial charge on any atom is -0.491 e. The maximum atomic E-state index is 13.1. The van der Waals surface area contributed by atoms with Gasteiger partial charge >= 0.3 is 0 Å². The molecule has 2 aromatic rings. The van der Waals surface area contributed by atoms with Crippen LogP contribution in [0.15, 0.2) is 52.3 Å². The van der Waals surface area contributed by atoms with Gasteiger partial charge in [0, 0.05) is 25.1 Å². The van der Waals surface area contributed by atoms with Crippen molar-refractivity contribution in [2.45, 2.75) is 28.2 Å². The molecule has 2 atom stereocenters. The van der Waals surface area contributed by atoms with Crippen LogP contribution in [0.2, 0.25) is 0 Å². The standard InChI is InChI=1S/C20H23NO5S.ClH/c1-24-9-10-25-14-3-2-4-15(11-14)27(22,23)16-5-6-17-18-7-8-21-13-20(18)26-19(17)12-16;/h2-6,11-12,18,20-21H,7-10,13H2,1H3;1H/t18-,20-;/m0./s1. The number of hydrogen-bond donors (Lipinski definition) is 1. The number of benzene rings is 2. The summed E-state index contributed by atoms with van der Waals surface area (Å²) in [5, 5.41) is 3.32. The van der Waals surface area contributed by atoms with Crippen LogP contribution in [0.1, 0.15) is 17.9 Å². The van der Waals surface area contributed by atoms with E-state index in [4.69, 9.17) is 14.2 Å². The van der Waals surface area contributed by atoms with Crippen molar-refractivity contribution in [2.75, 3.05) is 33.4 Å². The molecule has 0 saturated carbocycles. The molecule has 0 spiro atoms. The number of methoxy groups -OCH3 is 1. The van der Waals surface area contributed by atoms with Crippen molar-refractivity contribution in [3.8, 4) is 11.5 Å². The molecule has 28 heavy (non-hydrogen) atoms. The van der Waals surface area contributed by atoms with Crippen molar-refractivity contribution >= 4 is 22.2 Å². The van der Waals surface area contributed by atoms with Crippen LogP contribution in [0.25, 0.3) is 0 Å². The molecule has 4 rings (SSSR count). The van der Waals surface area contributed by atoms with Gasteiger partial charge in [0.15, 0.2) is 0 Å². The summed E-state index contributed by atoms with van der Waals surface area (Å²) in [5.41, 5.74) is 1.11. The molecular formula is C20H24ClNO5S. The molecule has 2 aliphatic heterocycles. The quantitative estimate of drug-likeness (QED) is 0.717. The van der Waals surface area contributed by atoms with Gasteiger partial charge in [-0.25, -0.2) is 8.42 Å². The second-order valence-electron chi connectivity index (χ2n) is 6.77. The topological polar surface area (TPSA) is 73.9 Å².